The minimum atomic E-state index is -0.978. The number of halogens is 1. The van der Waals surface area contributed by atoms with Crippen molar-refractivity contribution in [2.45, 2.75) is 50.3 Å². The molecule has 0 aliphatic rings. The molecular weight excluding hydrogens is 492 g/mol. The number of hydrogen-bond acceptors (Lipinski definition) is 4. The molecule has 36 heavy (non-hydrogen) atoms. The third-order valence-electron chi connectivity index (χ3n) is 6.38. The lowest BCUT2D eigenvalue weighted by Crippen LogP contribution is -2.28. The molecule has 0 aliphatic heterocycles. The number of thioether (sulfide) groups is 1. The molecule has 4 aromatic rings. The summed E-state index contributed by atoms with van der Waals surface area (Å²) in [4.78, 5) is 12.5. The predicted octanol–water partition coefficient (Wildman–Crippen LogP) is 8.63. The average molecular weight is 523 g/mol. The largest absolute Gasteiger partial charge is 0.493 e. The molecule has 0 amide bonds. The number of aliphatic carboxylic acids is 1. The zero-order valence-corrected chi connectivity index (χ0v) is 22.4. The first-order valence-corrected chi connectivity index (χ1v) is 13.6. The van der Waals surface area contributed by atoms with Crippen molar-refractivity contribution in [3.8, 4) is 16.9 Å². The van der Waals surface area contributed by atoms with E-state index in [1.54, 1.807) is 31.7 Å². The number of carbonyl (C=O) groups is 1. The Hall–Kier alpha value is -2.89. The Morgan fingerprint density at radius 2 is 1.89 bits per heavy atom. The fourth-order valence-electron chi connectivity index (χ4n) is 4.15. The molecule has 6 heteroatoms. The van der Waals surface area contributed by atoms with Crippen molar-refractivity contribution >= 4 is 40.3 Å². The molecule has 0 fully saturated rings. The molecule has 0 aliphatic carbocycles. The van der Waals surface area contributed by atoms with E-state index >= 15 is 0 Å². The highest BCUT2D eigenvalue weighted by Crippen LogP contribution is 2.37. The van der Waals surface area contributed by atoms with Gasteiger partial charge in [-0.25, -0.2) is 0 Å². The fourth-order valence-corrected chi connectivity index (χ4v) is 5.34. The molecule has 1 N–H and O–H groups in total. The predicted molar refractivity (Wildman–Crippen MR) is 149 cm³/mol. The van der Waals surface area contributed by atoms with Crippen LogP contribution in [0.3, 0.4) is 0 Å². The van der Waals surface area contributed by atoms with Gasteiger partial charge in [0.1, 0.15) is 11.3 Å². The monoisotopic (exact) mass is 522 g/mol. The van der Waals surface area contributed by atoms with Crippen LogP contribution in [0.4, 0.5) is 0 Å². The summed E-state index contributed by atoms with van der Waals surface area (Å²) < 4.78 is 12.2. The molecule has 4 rings (SSSR count). The van der Waals surface area contributed by atoms with Crippen molar-refractivity contribution in [1.29, 1.82) is 0 Å². The van der Waals surface area contributed by atoms with Crippen LogP contribution in [0.15, 0.2) is 76.2 Å². The van der Waals surface area contributed by atoms with Crippen molar-refractivity contribution in [3.63, 3.8) is 0 Å². The van der Waals surface area contributed by atoms with Crippen molar-refractivity contribution in [3.05, 3.63) is 83.1 Å². The van der Waals surface area contributed by atoms with Gasteiger partial charge >= 0.3 is 5.97 Å². The molecule has 0 saturated heterocycles. The molecule has 0 atom stereocenters. The first kappa shape index (κ1) is 26.2. The van der Waals surface area contributed by atoms with Crippen LogP contribution >= 0.6 is 23.4 Å². The average Bonchev–Trinajstić information content (AvgIpc) is 3.30. The number of rotatable bonds is 11. The van der Waals surface area contributed by atoms with Gasteiger partial charge in [0.05, 0.1) is 23.3 Å². The SMILES string of the molecule is CCCc1c(OCCCSc2ccc(C(C)(C)C(=O)O)cc2Cl)ccc2c(-c3ccccc3)coc12. The van der Waals surface area contributed by atoms with Crippen LogP contribution in [-0.2, 0) is 16.6 Å². The van der Waals surface area contributed by atoms with Crippen molar-refractivity contribution in [2.75, 3.05) is 12.4 Å². The topological polar surface area (TPSA) is 59.7 Å². The summed E-state index contributed by atoms with van der Waals surface area (Å²) in [6.07, 6.45) is 4.57. The summed E-state index contributed by atoms with van der Waals surface area (Å²) in [6.45, 7) is 6.11. The number of carboxylic acids is 1. The molecule has 0 bridgehead atoms. The van der Waals surface area contributed by atoms with E-state index < -0.39 is 11.4 Å². The minimum Gasteiger partial charge on any atom is -0.493 e. The number of fused-ring (bicyclic) bond motifs is 1. The molecule has 188 valence electrons. The molecule has 3 aromatic carbocycles. The van der Waals surface area contributed by atoms with Gasteiger partial charge in [0, 0.05) is 27.2 Å². The van der Waals surface area contributed by atoms with Crippen molar-refractivity contribution in [1.82, 2.24) is 0 Å². The van der Waals surface area contributed by atoms with E-state index in [2.05, 4.69) is 31.2 Å². The second-order valence-corrected chi connectivity index (χ2v) is 10.9. The molecule has 0 radical (unpaired) electrons. The highest BCUT2D eigenvalue weighted by atomic mass is 35.5. The molecule has 0 saturated carbocycles. The van der Waals surface area contributed by atoms with Gasteiger partial charge in [-0.3, -0.25) is 4.79 Å². The van der Waals surface area contributed by atoms with E-state index in [1.807, 2.05) is 36.6 Å². The van der Waals surface area contributed by atoms with Gasteiger partial charge in [-0.05, 0) is 62.1 Å². The third kappa shape index (κ3) is 5.58. The fraction of sp³-hybridized carbons (Fsp3) is 0.300. The van der Waals surface area contributed by atoms with Crippen LogP contribution in [0.25, 0.3) is 22.1 Å². The molecule has 1 heterocycles. The summed E-state index contributed by atoms with van der Waals surface area (Å²) in [5.41, 5.74) is 3.97. The van der Waals surface area contributed by atoms with E-state index in [-0.39, 0.29) is 0 Å². The van der Waals surface area contributed by atoms with Crippen LogP contribution in [0, 0.1) is 0 Å². The summed E-state index contributed by atoms with van der Waals surface area (Å²) in [5.74, 6) is 0.843. The highest BCUT2D eigenvalue weighted by Gasteiger charge is 2.29. The maximum absolute atomic E-state index is 11.5. The number of hydrogen-bond donors (Lipinski definition) is 1. The molecule has 1 aromatic heterocycles. The van der Waals surface area contributed by atoms with Gasteiger partial charge in [-0.15, -0.1) is 11.8 Å². The maximum atomic E-state index is 11.5. The standard InChI is InChI=1S/C30H31ClO4S/c1-4-9-23-26(14-13-22-24(19-35-28(22)23)20-10-6-5-7-11-20)34-16-8-17-36-27-15-12-21(18-25(27)31)30(2,3)29(32)33/h5-7,10-15,18-19H,4,8-9,16-17H2,1-3H3,(H,32,33). The first-order valence-electron chi connectivity index (χ1n) is 12.2. The Kier molecular flexibility index (Phi) is 8.32. The van der Waals surface area contributed by atoms with E-state index in [0.717, 1.165) is 63.3 Å². The maximum Gasteiger partial charge on any atom is 0.313 e. The van der Waals surface area contributed by atoms with E-state index in [0.29, 0.717) is 17.2 Å². The molecule has 0 spiro atoms. The molecule has 4 nitrogen and oxygen atoms in total. The Morgan fingerprint density at radius 1 is 1.11 bits per heavy atom. The lowest BCUT2D eigenvalue weighted by atomic mass is 9.85. The highest BCUT2D eigenvalue weighted by molar-refractivity contribution is 7.99. The smallest absolute Gasteiger partial charge is 0.313 e. The summed E-state index contributed by atoms with van der Waals surface area (Å²) >= 11 is 8.10. The summed E-state index contributed by atoms with van der Waals surface area (Å²) in [6, 6.07) is 19.9. The van der Waals surface area contributed by atoms with Gasteiger partial charge in [0.15, 0.2) is 0 Å². The van der Waals surface area contributed by atoms with Gasteiger partial charge in [0.25, 0.3) is 0 Å². The number of aryl methyl sites for hydroxylation is 1. The van der Waals surface area contributed by atoms with Crippen LogP contribution in [0.5, 0.6) is 5.75 Å². The third-order valence-corrected chi connectivity index (χ3v) is 7.96. The Labute approximate surface area is 221 Å². The number of carboxylic acid groups (broad SMARTS) is 1. The van der Waals surface area contributed by atoms with Gasteiger partial charge < -0.3 is 14.3 Å². The van der Waals surface area contributed by atoms with Crippen LogP contribution in [0.1, 0.15) is 44.7 Å². The van der Waals surface area contributed by atoms with Gasteiger partial charge in [-0.1, -0.05) is 61.3 Å². The normalized spacial score (nSPS) is 11.7. The zero-order chi connectivity index (χ0) is 25.7. The Morgan fingerprint density at radius 3 is 2.58 bits per heavy atom. The zero-order valence-electron chi connectivity index (χ0n) is 20.8. The second kappa shape index (κ2) is 11.4. The molecule has 0 unspecified atom stereocenters. The van der Waals surface area contributed by atoms with Crippen LogP contribution in [-0.4, -0.2) is 23.4 Å². The van der Waals surface area contributed by atoms with E-state index in [9.17, 15) is 9.90 Å². The van der Waals surface area contributed by atoms with Crippen LogP contribution in [0.2, 0.25) is 5.02 Å². The van der Waals surface area contributed by atoms with Crippen molar-refractivity contribution in [2.24, 2.45) is 0 Å². The minimum absolute atomic E-state index is 0.579. The van der Waals surface area contributed by atoms with Crippen molar-refractivity contribution < 1.29 is 19.1 Å². The molecular formula is C30H31ClO4S. The van der Waals surface area contributed by atoms with Crippen LogP contribution < -0.4 is 4.74 Å². The van der Waals surface area contributed by atoms with Gasteiger partial charge in [-0.2, -0.15) is 0 Å². The summed E-state index contributed by atoms with van der Waals surface area (Å²) in [7, 11) is 0. The second-order valence-electron chi connectivity index (χ2n) is 9.31. The lowest BCUT2D eigenvalue weighted by Gasteiger charge is -2.20. The van der Waals surface area contributed by atoms with Gasteiger partial charge in [0.2, 0.25) is 0 Å². The summed E-state index contributed by atoms with van der Waals surface area (Å²) in [5, 5.41) is 11.1. The first-order chi connectivity index (χ1) is 17.3. The van der Waals surface area contributed by atoms with E-state index in [4.69, 9.17) is 20.8 Å². The lowest BCUT2D eigenvalue weighted by molar-refractivity contribution is -0.142. The Bertz CT molecular complexity index is 1340. The number of furan rings is 1. The quantitative estimate of drug-likeness (QED) is 0.158. The number of ether oxygens (including phenoxy) is 1. The van der Waals surface area contributed by atoms with E-state index in [1.165, 1.54) is 0 Å². The Balaban J connectivity index is 1.39. The number of benzene rings is 3.